The maximum atomic E-state index is 11.1. The van der Waals surface area contributed by atoms with E-state index < -0.39 is 4.92 Å². The molecule has 0 bridgehead atoms. The Balaban J connectivity index is 2.30. The number of nitrogens with zero attached hydrogens (tertiary/aromatic N) is 1. The van der Waals surface area contributed by atoms with Gasteiger partial charge in [-0.1, -0.05) is 53.0 Å². The van der Waals surface area contributed by atoms with E-state index in [1.165, 1.54) is 12.1 Å². The molecule has 7 heteroatoms. The van der Waals surface area contributed by atoms with Gasteiger partial charge < -0.3 is 4.74 Å². The van der Waals surface area contributed by atoms with Crippen molar-refractivity contribution in [2.75, 3.05) is 0 Å². The van der Waals surface area contributed by atoms with Crippen molar-refractivity contribution >= 4 is 44.8 Å². The minimum absolute atomic E-state index is 0.0417. The molecule has 0 amide bonds. The minimum atomic E-state index is -0.509. The van der Waals surface area contributed by atoms with Crippen LogP contribution in [0.15, 0.2) is 12.1 Å². The normalized spacial score (nSPS) is 28.9. The lowest BCUT2D eigenvalue weighted by Crippen LogP contribution is -2.54. The fourth-order valence-corrected chi connectivity index (χ4v) is 3.58. The van der Waals surface area contributed by atoms with Crippen LogP contribution in [-0.2, 0) is 0 Å². The summed E-state index contributed by atoms with van der Waals surface area (Å²) in [7, 11) is 0. The Hall–Kier alpha value is -0.520. The van der Waals surface area contributed by atoms with Crippen molar-refractivity contribution in [2.24, 2.45) is 5.41 Å². The fourth-order valence-electron chi connectivity index (χ4n) is 2.31. The third kappa shape index (κ3) is 2.63. The van der Waals surface area contributed by atoms with Crippen LogP contribution in [0.5, 0.6) is 5.75 Å². The van der Waals surface area contributed by atoms with Crippen LogP contribution in [0.25, 0.3) is 0 Å². The van der Waals surface area contributed by atoms with Gasteiger partial charge >= 0.3 is 5.69 Å². The van der Waals surface area contributed by atoms with Crippen LogP contribution in [0, 0.1) is 15.5 Å². The molecule has 1 aromatic carbocycles. The number of benzene rings is 1. The molecular formula is C13H14BrCl2NO3. The molecule has 0 heterocycles. The van der Waals surface area contributed by atoms with Gasteiger partial charge in [0, 0.05) is 22.4 Å². The molecule has 0 aliphatic heterocycles. The molecule has 4 nitrogen and oxygen atoms in total. The lowest BCUT2D eigenvalue weighted by Gasteiger charge is -2.50. The lowest BCUT2D eigenvalue weighted by molar-refractivity contribution is -0.386. The summed E-state index contributed by atoms with van der Waals surface area (Å²) >= 11 is 15.4. The van der Waals surface area contributed by atoms with Crippen molar-refractivity contribution < 1.29 is 9.66 Å². The molecule has 0 radical (unpaired) electrons. The Morgan fingerprint density at radius 3 is 2.60 bits per heavy atom. The second-order valence-electron chi connectivity index (χ2n) is 5.16. The molecule has 0 spiro atoms. The highest BCUT2D eigenvalue weighted by Gasteiger charge is 2.51. The van der Waals surface area contributed by atoms with Gasteiger partial charge in [0.1, 0.15) is 6.10 Å². The lowest BCUT2D eigenvalue weighted by atomic mass is 9.65. The average Bonchev–Trinajstić information content (AvgIpc) is 2.40. The standard InChI is InChI=1S/C13H14BrCl2NO3/c1-3-13(2)11(14)6-12(13)20-10-5-8(16)7(15)4-9(10)17(18)19/h4-5,11-12H,3,6H2,1-2H3. The Morgan fingerprint density at radius 1 is 1.50 bits per heavy atom. The molecular weight excluding hydrogens is 369 g/mol. The highest BCUT2D eigenvalue weighted by Crippen LogP contribution is 2.51. The van der Waals surface area contributed by atoms with E-state index in [1.807, 2.05) is 0 Å². The molecule has 1 saturated carbocycles. The third-order valence-electron chi connectivity index (χ3n) is 4.10. The van der Waals surface area contributed by atoms with Gasteiger partial charge in [-0.25, -0.2) is 0 Å². The maximum Gasteiger partial charge on any atom is 0.312 e. The summed E-state index contributed by atoms with van der Waals surface area (Å²) in [4.78, 5) is 10.9. The number of hydrogen-bond acceptors (Lipinski definition) is 3. The van der Waals surface area contributed by atoms with Crippen LogP contribution < -0.4 is 4.74 Å². The molecule has 3 atom stereocenters. The van der Waals surface area contributed by atoms with Gasteiger partial charge in [-0.05, 0) is 12.8 Å². The molecule has 0 saturated heterocycles. The van der Waals surface area contributed by atoms with Crippen LogP contribution >= 0.6 is 39.1 Å². The van der Waals surface area contributed by atoms with Gasteiger partial charge in [0.15, 0.2) is 5.75 Å². The van der Waals surface area contributed by atoms with Gasteiger partial charge in [0.25, 0.3) is 0 Å². The summed E-state index contributed by atoms with van der Waals surface area (Å²) in [5.41, 5.74) is -0.198. The summed E-state index contributed by atoms with van der Waals surface area (Å²) in [6.45, 7) is 4.18. The summed E-state index contributed by atoms with van der Waals surface area (Å²) in [6, 6.07) is 2.65. The quantitative estimate of drug-likeness (QED) is 0.406. The van der Waals surface area contributed by atoms with Crippen LogP contribution in [0.4, 0.5) is 5.69 Å². The van der Waals surface area contributed by atoms with Crippen LogP contribution in [0.3, 0.4) is 0 Å². The van der Waals surface area contributed by atoms with E-state index in [2.05, 4.69) is 29.8 Å². The maximum absolute atomic E-state index is 11.1. The van der Waals surface area contributed by atoms with Crippen molar-refractivity contribution in [1.29, 1.82) is 0 Å². The molecule has 3 unspecified atom stereocenters. The molecule has 0 N–H and O–H groups in total. The zero-order valence-corrected chi connectivity index (χ0v) is 14.1. The van der Waals surface area contributed by atoms with Crippen molar-refractivity contribution in [3.63, 3.8) is 0 Å². The number of halogens is 3. The number of ether oxygens (including phenoxy) is 1. The van der Waals surface area contributed by atoms with Gasteiger partial charge in [-0.2, -0.15) is 0 Å². The van der Waals surface area contributed by atoms with Crippen molar-refractivity contribution in [3.8, 4) is 5.75 Å². The molecule has 110 valence electrons. The predicted molar refractivity (Wildman–Crippen MR) is 83.3 cm³/mol. The summed E-state index contributed by atoms with van der Waals surface area (Å²) in [5.74, 6) is 0.175. The smallest absolute Gasteiger partial charge is 0.312 e. The van der Waals surface area contributed by atoms with E-state index >= 15 is 0 Å². The second kappa shape index (κ2) is 5.70. The zero-order valence-electron chi connectivity index (χ0n) is 11.0. The van der Waals surface area contributed by atoms with E-state index in [0.29, 0.717) is 4.83 Å². The summed E-state index contributed by atoms with van der Waals surface area (Å²) in [5, 5.41) is 11.5. The average molecular weight is 383 g/mol. The van der Waals surface area contributed by atoms with Crippen LogP contribution in [0.2, 0.25) is 10.0 Å². The Morgan fingerprint density at radius 2 is 2.10 bits per heavy atom. The van der Waals surface area contributed by atoms with E-state index in [9.17, 15) is 10.1 Å². The molecule has 1 aliphatic carbocycles. The van der Waals surface area contributed by atoms with Crippen molar-refractivity contribution in [2.45, 2.75) is 37.6 Å². The topological polar surface area (TPSA) is 52.4 Å². The number of rotatable bonds is 4. The van der Waals surface area contributed by atoms with Gasteiger partial charge in [-0.3, -0.25) is 10.1 Å². The molecule has 2 rings (SSSR count). The van der Waals surface area contributed by atoms with E-state index in [4.69, 9.17) is 27.9 Å². The molecule has 0 aromatic heterocycles. The Labute approximate surface area is 135 Å². The molecule has 1 aromatic rings. The monoisotopic (exact) mass is 381 g/mol. The van der Waals surface area contributed by atoms with Gasteiger partial charge in [-0.15, -0.1) is 0 Å². The highest BCUT2D eigenvalue weighted by atomic mass is 79.9. The molecule has 20 heavy (non-hydrogen) atoms. The largest absolute Gasteiger partial charge is 0.483 e. The number of alkyl halides is 1. The first-order valence-corrected chi connectivity index (χ1v) is 7.91. The first-order valence-electron chi connectivity index (χ1n) is 6.23. The third-order valence-corrected chi connectivity index (χ3v) is 6.24. The van der Waals surface area contributed by atoms with Crippen molar-refractivity contribution in [3.05, 3.63) is 32.3 Å². The number of hydrogen-bond donors (Lipinski definition) is 0. The fraction of sp³-hybridized carbons (Fsp3) is 0.538. The molecule has 1 fully saturated rings. The second-order valence-corrected chi connectivity index (χ2v) is 7.08. The first kappa shape index (κ1) is 15.9. The van der Waals surface area contributed by atoms with Gasteiger partial charge in [0.05, 0.1) is 15.0 Å². The SMILES string of the molecule is CCC1(C)C(Br)CC1Oc1cc(Cl)c(Cl)cc1[N+](=O)[O-]. The highest BCUT2D eigenvalue weighted by molar-refractivity contribution is 9.09. The van der Waals surface area contributed by atoms with Crippen LogP contribution in [0.1, 0.15) is 26.7 Å². The minimum Gasteiger partial charge on any atom is -0.483 e. The Bertz CT molecular complexity index is 555. The number of nitro benzene ring substituents is 1. The predicted octanol–water partition coefficient (Wildman–Crippen LogP) is 5.23. The van der Waals surface area contributed by atoms with Crippen molar-refractivity contribution in [1.82, 2.24) is 0 Å². The Kier molecular flexibility index (Phi) is 4.52. The number of nitro groups is 1. The summed E-state index contributed by atoms with van der Waals surface area (Å²) < 4.78 is 5.84. The van der Waals surface area contributed by atoms with Gasteiger partial charge in [0.2, 0.25) is 0 Å². The summed E-state index contributed by atoms with van der Waals surface area (Å²) in [6.07, 6.45) is 1.65. The molecule has 1 aliphatic rings. The van der Waals surface area contributed by atoms with E-state index in [0.717, 1.165) is 12.8 Å². The first-order chi connectivity index (χ1) is 9.29. The van der Waals surface area contributed by atoms with Crippen LogP contribution in [-0.4, -0.2) is 15.9 Å². The zero-order chi connectivity index (χ0) is 15.1. The van der Waals surface area contributed by atoms with E-state index in [1.54, 1.807) is 0 Å². The van der Waals surface area contributed by atoms with E-state index in [-0.39, 0.29) is 33.0 Å².